The summed E-state index contributed by atoms with van der Waals surface area (Å²) in [6.07, 6.45) is 3.65. The van der Waals surface area contributed by atoms with E-state index in [1.807, 2.05) is 59.6 Å². The first-order valence-electron chi connectivity index (χ1n) is 11.3. The van der Waals surface area contributed by atoms with Crippen molar-refractivity contribution in [2.45, 2.75) is 39.4 Å². The molecule has 5 rings (SSSR count). The number of aromatic nitrogens is 5. The smallest absolute Gasteiger partial charge is 0.230 e. The summed E-state index contributed by atoms with van der Waals surface area (Å²) in [5.41, 5.74) is 3.90. The number of hydrogen-bond acceptors (Lipinski definition) is 5. The van der Waals surface area contributed by atoms with Crippen LogP contribution in [0.5, 0.6) is 5.75 Å². The number of hydrogen-bond donors (Lipinski definition) is 0. The topological polar surface area (TPSA) is 78.1 Å². The zero-order valence-electron chi connectivity index (χ0n) is 19.6. The second-order valence-electron chi connectivity index (χ2n) is 8.62. The lowest BCUT2D eigenvalue weighted by molar-refractivity contribution is -0.119. The van der Waals surface area contributed by atoms with Gasteiger partial charge in [0.2, 0.25) is 5.91 Å². The van der Waals surface area contributed by atoms with Crippen molar-refractivity contribution in [3.63, 3.8) is 0 Å². The van der Waals surface area contributed by atoms with E-state index in [-0.39, 0.29) is 11.9 Å². The number of carbonyl (C=O) groups is 1. The Morgan fingerprint density at radius 1 is 1.06 bits per heavy atom. The van der Waals surface area contributed by atoms with Crippen molar-refractivity contribution in [1.29, 1.82) is 0 Å². The third kappa shape index (κ3) is 4.39. The summed E-state index contributed by atoms with van der Waals surface area (Å²) >= 11 is 13.1. The number of nitrogens with zero attached hydrogens (tertiary/aromatic N) is 6. The summed E-state index contributed by atoms with van der Waals surface area (Å²) in [5.74, 6) is 1.43. The molecule has 3 aromatic heterocycles. The Morgan fingerprint density at radius 3 is 2.57 bits per heavy atom. The second kappa shape index (κ2) is 9.36. The van der Waals surface area contributed by atoms with Gasteiger partial charge in [0.05, 0.1) is 48.3 Å². The van der Waals surface area contributed by atoms with Crippen LogP contribution in [0.2, 0.25) is 10.0 Å². The first-order valence-corrected chi connectivity index (χ1v) is 12.0. The Labute approximate surface area is 213 Å². The van der Waals surface area contributed by atoms with E-state index in [0.29, 0.717) is 41.0 Å². The van der Waals surface area contributed by atoms with Gasteiger partial charge in [-0.2, -0.15) is 10.2 Å². The lowest BCUT2D eigenvalue weighted by Crippen LogP contribution is -2.36. The molecule has 1 amide bonds. The molecule has 0 aliphatic carbocycles. The molecule has 0 saturated carbocycles. The fourth-order valence-corrected chi connectivity index (χ4v) is 4.74. The predicted molar refractivity (Wildman–Crippen MR) is 136 cm³/mol. The first-order chi connectivity index (χ1) is 16.9. The molecule has 0 bridgehead atoms. The van der Waals surface area contributed by atoms with Gasteiger partial charge in [-0.15, -0.1) is 0 Å². The number of benzene rings is 1. The van der Waals surface area contributed by atoms with Gasteiger partial charge in [0, 0.05) is 24.1 Å². The lowest BCUT2D eigenvalue weighted by atomic mass is 10.1. The number of rotatable bonds is 6. The van der Waals surface area contributed by atoms with Crippen molar-refractivity contribution < 1.29 is 9.53 Å². The largest absolute Gasteiger partial charge is 0.495 e. The second-order valence-corrected chi connectivity index (χ2v) is 9.43. The minimum Gasteiger partial charge on any atom is -0.495 e. The summed E-state index contributed by atoms with van der Waals surface area (Å²) in [6, 6.07) is 11.5. The molecule has 0 radical (unpaired) electrons. The van der Waals surface area contributed by atoms with E-state index in [9.17, 15) is 4.79 Å². The number of anilines is 1. The Balaban J connectivity index is 1.44. The molecule has 1 aliphatic rings. The Morgan fingerprint density at radius 2 is 1.89 bits per heavy atom. The average molecular weight is 511 g/mol. The SMILES string of the molecule is COc1ccc(-c2ccc(CN3C(=O)CCn4nc(-c5c(Cl)cnn5C(C)C)cc43)cc2Cl)nc1. The maximum Gasteiger partial charge on any atom is 0.230 e. The van der Waals surface area contributed by atoms with E-state index in [2.05, 4.69) is 10.1 Å². The molecule has 1 aromatic carbocycles. The summed E-state index contributed by atoms with van der Waals surface area (Å²) in [7, 11) is 1.60. The minimum atomic E-state index is 0.0319. The molecule has 10 heteroatoms. The molecule has 8 nitrogen and oxygen atoms in total. The number of amides is 1. The van der Waals surface area contributed by atoms with Gasteiger partial charge in [-0.1, -0.05) is 35.3 Å². The molecule has 0 N–H and O–H groups in total. The molecule has 4 aromatic rings. The number of halogens is 2. The molecule has 0 spiro atoms. The first kappa shape index (κ1) is 23.4. The monoisotopic (exact) mass is 510 g/mol. The number of methoxy groups -OCH3 is 1. The highest BCUT2D eigenvalue weighted by atomic mass is 35.5. The van der Waals surface area contributed by atoms with Gasteiger partial charge in [-0.05, 0) is 37.6 Å². The normalized spacial score (nSPS) is 13.4. The number of ether oxygens (including phenoxy) is 1. The maximum absolute atomic E-state index is 12.9. The van der Waals surface area contributed by atoms with E-state index >= 15 is 0 Å². The fraction of sp³-hybridized carbons (Fsp3) is 0.280. The number of pyridine rings is 1. The van der Waals surface area contributed by atoms with Crippen molar-refractivity contribution in [3.8, 4) is 28.4 Å². The summed E-state index contributed by atoms with van der Waals surface area (Å²) in [4.78, 5) is 19.1. The van der Waals surface area contributed by atoms with Gasteiger partial charge < -0.3 is 4.74 Å². The molecule has 180 valence electrons. The van der Waals surface area contributed by atoms with Crippen LogP contribution in [0.25, 0.3) is 22.6 Å². The maximum atomic E-state index is 12.9. The summed E-state index contributed by atoms with van der Waals surface area (Å²) in [6.45, 7) is 4.96. The van der Waals surface area contributed by atoms with E-state index in [1.54, 1.807) is 24.4 Å². The Kier molecular flexibility index (Phi) is 6.25. The van der Waals surface area contributed by atoms with Gasteiger partial charge in [0.25, 0.3) is 0 Å². The molecule has 0 saturated heterocycles. The highest BCUT2D eigenvalue weighted by Crippen LogP contribution is 2.35. The standard InChI is InChI=1S/C25H24Cl2N6O2/c1-15(2)33-25(20(27)13-29-33)22-11-23-31(24(34)8-9-32(23)30-22)14-16-4-6-18(19(26)10-16)21-7-5-17(35-3)12-28-21/h4-7,10-13,15H,8-9,14H2,1-3H3. The van der Waals surface area contributed by atoms with Gasteiger partial charge in [0.15, 0.2) is 0 Å². The van der Waals surface area contributed by atoms with Crippen LogP contribution in [0, 0.1) is 0 Å². The molecule has 0 fully saturated rings. The lowest BCUT2D eigenvalue weighted by Gasteiger charge is -2.27. The molecule has 0 unspecified atom stereocenters. The van der Waals surface area contributed by atoms with Crippen LogP contribution in [0.3, 0.4) is 0 Å². The molecule has 0 atom stereocenters. The molecular weight excluding hydrogens is 487 g/mol. The van der Waals surface area contributed by atoms with Crippen LogP contribution < -0.4 is 9.64 Å². The van der Waals surface area contributed by atoms with Gasteiger partial charge in [0.1, 0.15) is 23.0 Å². The van der Waals surface area contributed by atoms with E-state index < -0.39 is 0 Å². The molecule has 1 aliphatic heterocycles. The average Bonchev–Trinajstić information content (AvgIpc) is 3.44. The van der Waals surface area contributed by atoms with Crippen LogP contribution in [-0.2, 0) is 17.9 Å². The zero-order valence-corrected chi connectivity index (χ0v) is 21.1. The Bertz CT molecular complexity index is 1390. The number of carbonyl (C=O) groups excluding carboxylic acids is 1. The number of fused-ring (bicyclic) bond motifs is 1. The van der Waals surface area contributed by atoms with Crippen LogP contribution in [0.1, 0.15) is 31.9 Å². The molecular formula is C25H24Cl2N6O2. The van der Waals surface area contributed by atoms with Gasteiger partial charge >= 0.3 is 0 Å². The zero-order chi connectivity index (χ0) is 24.7. The highest BCUT2D eigenvalue weighted by molar-refractivity contribution is 6.33. The third-order valence-corrected chi connectivity index (χ3v) is 6.57. The van der Waals surface area contributed by atoms with Gasteiger partial charge in [-0.25, -0.2) is 4.68 Å². The van der Waals surface area contributed by atoms with Crippen molar-refractivity contribution in [1.82, 2.24) is 24.5 Å². The van der Waals surface area contributed by atoms with Crippen LogP contribution >= 0.6 is 23.2 Å². The van der Waals surface area contributed by atoms with E-state index in [0.717, 1.165) is 28.3 Å². The Hall–Kier alpha value is -3.36. The van der Waals surface area contributed by atoms with Crippen molar-refractivity contribution in [3.05, 3.63) is 64.4 Å². The van der Waals surface area contributed by atoms with Crippen LogP contribution in [0.4, 0.5) is 5.82 Å². The minimum absolute atomic E-state index is 0.0319. The van der Waals surface area contributed by atoms with E-state index in [4.69, 9.17) is 33.0 Å². The third-order valence-electron chi connectivity index (χ3n) is 5.98. The summed E-state index contributed by atoms with van der Waals surface area (Å²) < 4.78 is 8.87. The predicted octanol–water partition coefficient (Wildman–Crippen LogP) is 5.64. The van der Waals surface area contributed by atoms with Crippen LogP contribution in [0.15, 0.2) is 48.8 Å². The van der Waals surface area contributed by atoms with E-state index in [1.165, 1.54) is 0 Å². The van der Waals surface area contributed by atoms with Crippen molar-refractivity contribution >= 4 is 34.9 Å². The summed E-state index contributed by atoms with van der Waals surface area (Å²) in [5, 5.41) is 10.2. The van der Waals surface area contributed by atoms with Crippen molar-refractivity contribution in [2.75, 3.05) is 12.0 Å². The van der Waals surface area contributed by atoms with Crippen molar-refractivity contribution in [2.24, 2.45) is 0 Å². The molecule has 35 heavy (non-hydrogen) atoms. The highest BCUT2D eigenvalue weighted by Gasteiger charge is 2.28. The fourth-order valence-electron chi connectivity index (χ4n) is 4.22. The van der Waals surface area contributed by atoms with Crippen LogP contribution in [-0.4, -0.2) is 37.6 Å². The number of aryl methyl sites for hydroxylation is 1. The molecule has 4 heterocycles. The van der Waals surface area contributed by atoms with Gasteiger partial charge in [-0.3, -0.25) is 19.4 Å². The quantitative estimate of drug-likeness (QED) is 0.335.